The van der Waals surface area contributed by atoms with Gasteiger partial charge in [0.2, 0.25) is 0 Å². The second-order valence-corrected chi connectivity index (χ2v) is 3.27. The van der Waals surface area contributed by atoms with E-state index in [2.05, 4.69) is 26.1 Å². The summed E-state index contributed by atoms with van der Waals surface area (Å²) in [5.41, 5.74) is 1.91. The van der Waals surface area contributed by atoms with Gasteiger partial charge in [-0.2, -0.15) is 15.0 Å². The molecule has 0 radical (unpaired) electrons. The van der Waals surface area contributed by atoms with Gasteiger partial charge < -0.3 is 0 Å². The minimum atomic E-state index is 0.814. The van der Waals surface area contributed by atoms with Gasteiger partial charge in [0, 0.05) is 5.33 Å². The number of hydrogen-bond donors (Lipinski definition) is 0. The van der Waals surface area contributed by atoms with Gasteiger partial charge in [-0.05, 0) is 12.1 Å². The highest BCUT2D eigenvalue weighted by Gasteiger charge is 1.98. The van der Waals surface area contributed by atoms with Crippen molar-refractivity contribution in [1.82, 2.24) is 15.0 Å². The summed E-state index contributed by atoms with van der Waals surface area (Å²) in [6, 6.07) is 7.87. The molecule has 4 heteroatoms. The molecular formula is C8H8BrN3. The van der Waals surface area contributed by atoms with E-state index in [-0.39, 0.29) is 0 Å². The van der Waals surface area contributed by atoms with Gasteiger partial charge in [0.05, 0.1) is 6.54 Å². The summed E-state index contributed by atoms with van der Waals surface area (Å²) >= 11 is 3.34. The summed E-state index contributed by atoms with van der Waals surface area (Å²) in [6.07, 6.45) is 0. The van der Waals surface area contributed by atoms with Crippen molar-refractivity contribution in [3.8, 4) is 0 Å². The topological polar surface area (TPSA) is 30.7 Å². The molecule has 0 aliphatic carbocycles. The Morgan fingerprint density at radius 1 is 1.17 bits per heavy atom. The van der Waals surface area contributed by atoms with E-state index in [1.165, 1.54) is 0 Å². The molecule has 0 saturated heterocycles. The van der Waals surface area contributed by atoms with E-state index in [9.17, 15) is 0 Å². The normalized spacial score (nSPS) is 10.8. The van der Waals surface area contributed by atoms with Gasteiger partial charge in [0.15, 0.2) is 0 Å². The molecule has 62 valence electrons. The molecule has 0 N–H and O–H groups in total. The maximum atomic E-state index is 4.28. The van der Waals surface area contributed by atoms with E-state index in [0.29, 0.717) is 0 Å². The van der Waals surface area contributed by atoms with E-state index in [4.69, 9.17) is 0 Å². The Labute approximate surface area is 78.5 Å². The largest absolute Gasteiger partial charge is 0.183 e. The number of halogens is 1. The first-order valence-corrected chi connectivity index (χ1v) is 4.88. The molecule has 0 bridgehead atoms. The first-order valence-electron chi connectivity index (χ1n) is 3.76. The molecule has 0 spiro atoms. The summed E-state index contributed by atoms with van der Waals surface area (Å²) in [4.78, 5) is 1.71. The summed E-state index contributed by atoms with van der Waals surface area (Å²) in [7, 11) is 0. The van der Waals surface area contributed by atoms with Crippen LogP contribution in [-0.2, 0) is 6.54 Å². The molecule has 0 fully saturated rings. The number of hydrogen-bond acceptors (Lipinski definition) is 2. The highest BCUT2D eigenvalue weighted by Crippen LogP contribution is 2.06. The quantitative estimate of drug-likeness (QED) is 0.731. The second kappa shape index (κ2) is 3.23. The molecule has 1 aromatic carbocycles. The minimum Gasteiger partial charge on any atom is -0.183 e. The molecule has 0 atom stereocenters. The van der Waals surface area contributed by atoms with Gasteiger partial charge in [-0.15, -0.1) is 0 Å². The van der Waals surface area contributed by atoms with Crippen LogP contribution in [0.5, 0.6) is 0 Å². The summed E-state index contributed by atoms with van der Waals surface area (Å²) in [5, 5.41) is 9.44. The molecule has 0 aliphatic rings. The van der Waals surface area contributed by atoms with Crippen molar-refractivity contribution in [2.45, 2.75) is 6.54 Å². The Morgan fingerprint density at radius 3 is 2.25 bits per heavy atom. The zero-order valence-electron chi connectivity index (χ0n) is 6.44. The highest BCUT2D eigenvalue weighted by molar-refractivity contribution is 9.09. The van der Waals surface area contributed by atoms with Crippen molar-refractivity contribution in [3.05, 3.63) is 24.3 Å². The number of aromatic nitrogens is 3. The molecule has 2 rings (SSSR count). The van der Waals surface area contributed by atoms with Crippen LogP contribution in [0.3, 0.4) is 0 Å². The van der Waals surface area contributed by atoms with E-state index in [0.717, 1.165) is 22.9 Å². The van der Waals surface area contributed by atoms with Gasteiger partial charge >= 0.3 is 0 Å². The maximum absolute atomic E-state index is 4.28. The molecule has 2 aromatic rings. The Kier molecular flexibility index (Phi) is 2.08. The Bertz CT molecular complexity index is 349. The molecule has 12 heavy (non-hydrogen) atoms. The lowest BCUT2D eigenvalue weighted by Gasteiger charge is -1.90. The monoisotopic (exact) mass is 225 g/mol. The first kappa shape index (κ1) is 7.73. The molecule has 3 nitrogen and oxygen atoms in total. The lowest BCUT2D eigenvalue weighted by Crippen LogP contribution is -2.02. The van der Waals surface area contributed by atoms with Crippen molar-refractivity contribution >= 4 is 27.0 Å². The number of benzene rings is 1. The highest BCUT2D eigenvalue weighted by atomic mass is 79.9. The predicted molar refractivity (Wildman–Crippen MR) is 51.3 cm³/mol. The van der Waals surface area contributed by atoms with Gasteiger partial charge in [-0.1, -0.05) is 28.1 Å². The molecular weight excluding hydrogens is 218 g/mol. The molecule has 1 heterocycles. The molecule has 1 aromatic heterocycles. The predicted octanol–water partition coefficient (Wildman–Crippen LogP) is 1.83. The van der Waals surface area contributed by atoms with Gasteiger partial charge in [-0.25, -0.2) is 0 Å². The second-order valence-electron chi connectivity index (χ2n) is 2.47. The standard InChI is InChI=1S/C8H8BrN3/c9-5-6-12-10-7-3-1-2-4-8(7)11-12/h1-4H,5-6H2. The van der Waals surface area contributed by atoms with Gasteiger partial charge in [-0.3, -0.25) is 0 Å². The zero-order chi connectivity index (χ0) is 8.39. The third kappa shape index (κ3) is 1.34. The van der Waals surface area contributed by atoms with Crippen LogP contribution < -0.4 is 0 Å². The summed E-state index contributed by atoms with van der Waals surface area (Å²) in [5.74, 6) is 0. The lowest BCUT2D eigenvalue weighted by molar-refractivity contribution is 0.585. The third-order valence-electron chi connectivity index (χ3n) is 1.61. The fraction of sp³-hybridized carbons (Fsp3) is 0.250. The van der Waals surface area contributed by atoms with Crippen molar-refractivity contribution in [1.29, 1.82) is 0 Å². The SMILES string of the molecule is BrCCn1nc2ccccc2n1. The van der Waals surface area contributed by atoms with Crippen LogP contribution >= 0.6 is 15.9 Å². The first-order chi connectivity index (χ1) is 5.90. The smallest absolute Gasteiger partial charge is 0.113 e. The van der Waals surface area contributed by atoms with Gasteiger partial charge in [0.25, 0.3) is 0 Å². The molecule has 0 saturated carbocycles. The molecule has 0 amide bonds. The van der Waals surface area contributed by atoms with Crippen molar-refractivity contribution in [2.24, 2.45) is 0 Å². The van der Waals surface area contributed by atoms with Crippen LogP contribution in [0.4, 0.5) is 0 Å². The third-order valence-corrected chi connectivity index (χ3v) is 1.97. The Hall–Kier alpha value is -0.900. The Morgan fingerprint density at radius 2 is 1.75 bits per heavy atom. The average molecular weight is 226 g/mol. The van der Waals surface area contributed by atoms with Crippen LogP contribution in [0.2, 0.25) is 0 Å². The van der Waals surface area contributed by atoms with Crippen molar-refractivity contribution in [2.75, 3.05) is 5.33 Å². The number of rotatable bonds is 2. The number of alkyl halides is 1. The van der Waals surface area contributed by atoms with Crippen LogP contribution in [0.15, 0.2) is 24.3 Å². The zero-order valence-corrected chi connectivity index (χ0v) is 8.03. The van der Waals surface area contributed by atoms with Crippen LogP contribution in [-0.4, -0.2) is 20.3 Å². The minimum absolute atomic E-state index is 0.814. The fourth-order valence-electron chi connectivity index (χ4n) is 1.08. The number of nitrogens with zero attached hydrogens (tertiary/aromatic N) is 3. The summed E-state index contributed by atoms with van der Waals surface area (Å²) < 4.78 is 0. The van der Waals surface area contributed by atoms with Crippen molar-refractivity contribution < 1.29 is 0 Å². The van der Waals surface area contributed by atoms with Gasteiger partial charge in [0.1, 0.15) is 11.0 Å². The number of aryl methyl sites for hydroxylation is 1. The van der Waals surface area contributed by atoms with Crippen LogP contribution in [0, 0.1) is 0 Å². The summed E-state index contributed by atoms with van der Waals surface area (Å²) in [6.45, 7) is 0.814. The van der Waals surface area contributed by atoms with E-state index < -0.39 is 0 Å². The maximum Gasteiger partial charge on any atom is 0.113 e. The molecule has 0 unspecified atom stereocenters. The lowest BCUT2D eigenvalue weighted by atomic mass is 10.3. The number of fused-ring (bicyclic) bond motifs is 1. The van der Waals surface area contributed by atoms with Crippen LogP contribution in [0.1, 0.15) is 0 Å². The van der Waals surface area contributed by atoms with E-state index in [1.54, 1.807) is 4.80 Å². The molecule has 0 aliphatic heterocycles. The Balaban J connectivity index is 2.47. The van der Waals surface area contributed by atoms with Crippen molar-refractivity contribution in [3.63, 3.8) is 0 Å². The van der Waals surface area contributed by atoms with E-state index >= 15 is 0 Å². The fourth-order valence-corrected chi connectivity index (χ4v) is 1.40. The van der Waals surface area contributed by atoms with E-state index in [1.807, 2.05) is 24.3 Å². The van der Waals surface area contributed by atoms with Crippen LogP contribution in [0.25, 0.3) is 11.0 Å². The average Bonchev–Trinajstić information content (AvgIpc) is 2.47.